The molecule has 0 saturated carbocycles. The molecular formula is C21H27N3O3S. The van der Waals surface area contributed by atoms with Crippen LogP contribution < -0.4 is 10.0 Å². The topological polar surface area (TPSA) is 78.5 Å². The van der Waals surface area contributed by atoms with Crippen LogP contribution in [0.25, 0.3) is 0 Å². The zero-order valence-electron chi connectivity index (χ0n) is 16.3. The molecule has 2 aromatic rings. The Balaban J connectivity index is 1.59. The number of nitrogens with zero attached hydrogens (tertiary/aromatic N) is 1. The molecular weight excluding hydrogens is 374 g/mol. The Bertz CT molecular complexity index is 918. The quantitative estimate of drug-likeness (QED) is 0.776. The number of anilines is 2. The van der Waals surface area contributed by atoms with Crippen LogP contribution in [-0.2, 0) is 16.6 Å². The number of rotatable bonds is 6. The zero-order valence-corrected chi connectivity index (χ0v) is 17.1. The molecule has 0 atom stereocenters. The number of nitrogens with one attached hydrogen (secondary N) is 2. The fourth-order valence-electron chi connectivity index (χ4n) is 3.31. The number of carbonyl (C=O) groups excluding carboxylic acids is 1. The molecule has 150 valence electrons. The van der Waals surface area contributed by atoms with Crippen molar-refractivity contribution in [3.05, 3.63) is 59.7 Å². The number of benzene rings is 2. The predicted octanol–water partition coefficient (Wildman–Crippen LogP) is 3.54. The van der Waals surface area contributed by atoms with Gasteiger partial charge in [-0.3, -0.25) is 14.4 Å². The highest BCUT2D eigenvalue weighted by Crippen LogP contribution is 2.19. The lowest BCUT2D eigenvalue weighted by Gasteiger charge is -2.30. The summed E-state index contributed by atoms with van der Waals surface area (Å²) in [7, 11) is -3.38. The summed E-state index contributed by atoms with van der Waals surface area (Å²) in [6.45, 7) is 5.51. The number of carbonyl (C=O) groups is 1. The van der Waals surface area contributed by atoms with E-state index in [1.807, 2.05) is 24.3 Å². The molecule has 1 saturated heterocycles. The van der Waals surface area contributed by atoms with Crippen molar-refractivity contribution in [3.63, 3.8) is 0 Å². The van der Waals surface area contributed by atoms with Crippen LogP contribution in [0.3, 0.4) is 0 Å². The molecule has 3 rings (SSSR count). The monoisotopic (exact) mass is 401 g/mol. The van der Waals surface area contributed by atoms with Gasteiger partial charge >= 0.3 is 0 Å². The molecule has 7 heteroatoms. The van der Waals surface area contributed by atoms with Gasteiger partial charge in [0, 0.05) is 23.5 Å². The van der Waals surface area contributed by atoms with Gasteiger partial charge in [-0.05, 0) is 67.7 Å². The summed E-state index contributed by atoms with van der Waals surface area (Å²) in [5.74, 6) is 0.537. The molecule has 0 aliphatic carbocycles. The molecule has 0 unspecified atom stereocenters. The first-order valence-corrected chi connectivity index (χ1v) is 11.4. The molecule has 0 aromatic heterocycles. The first-order valence-electron chi connectivity index (χ1n) is 9.49. The average Bonchev–Trinajstić information content (AvgIpc) is 2.64. The number of hydrogen-bond acceptors (Lipinski definition) is 4. The normalized spacial score (nSPS) is 15.9. The van der Waals surface area contributed by atoms with Gasteiger partial charge in [-0.2, -0.15) is 0 Å². The minimum Gasteiger partial charge on any atom is -0.322 e. The van der Waals surface area contributed by atoms with Gasteiger partial charge in [0.25, 0.3) is 5.91 Å². The summed E-state index contributed by atoms with van der Waals surface area (Å²) in [6, 6.07) is 14.3. The Morgan fingerprint density at radius 1 is 1.07 bits per heavy atom. The summed E-state index contributed by atoms with van der Waals surface area (Å²) in [5.41, 5.74) is 2.69. The fraction of sp³-hybridized carbons (Fsp3) is 0.381. The highest BCUT2D eigenvalue weighted by atomic mass is 32.2. The zero-order chi connectivity index (χ0) is 20.1. The van der Waals surface area contributed by atoms with Gasteiger partial charge in [-0.15, -0.1) is 0 Å². The van der Waals surface area contributed by atoms with E-state index in [4.69, 9.17) is 0 Å². The van der Waals surface area contributed by atoms with E-state index in [2.05, 4.69) is 21.9 Å². The van der Waals surface area contributed by atoms with Crippen LogP contribution in [0.15, 0.2) is 48.5 Å². The van der Waals surface area contributed by atoms with Crippen LogP contribution in [0.5, 0.6) is 0 Å². The number of amides is 1. The van der Waals surface area contributed by atoms with E-state index in [-0.39, 0.29) is 5.91 Å². The maximum atomic E-state index is 12.5. The molecule has 2 N–H and O–H groups in total. The Labute approximate surface area is 167 Å². The molecule has 1 aliphatic heterocycles. The van der Waals surface area contributed by atoms with Crippen molar-refractivity contribution in [2.45, 2.75) is 26.3 Å². The third-order valence-corrected chi connectivity index (χ3v) is 5.53. The van der Waals surface area contributed by atoms with E-state index < -0.39 is 10.0 Å². The summed E-state index contributed by atoms with van der Waals surface area (Å²) < 4.78 is 25.1. The van der Waals surface area contributed by atoms with E-state index >= 15 is 0 Å². The van der Waals surface area contributed by atoms with Crippen LogP contribution in [-0.4, -0.2) is 38.6 Å². The molecule has 0 spiro atoms. The fourth-order valence-corrected chi connectivity index (χ4v) is 3.87. The van der Waals surface area contributed by atoms with Gasteiger partial charge in [0.05, 0.1) is 6.26 Å². The lowest BCUT2D eigenvalue weighted by molar-refractivity contribution is 0.102. The third kappa shape index (κ3) is 6.07. The standard InChI is InChI=1S/C21H27N3O3S/c1-16-10-12-24(13-11-16)15-17-6-8-19(9-7-17)22-21(25)18-4-3-5-20(14-18)23-28(2,26)27/h3-9,14,16,23H,10-13,15H2,1-2H3,(H,22,25). The molecule has 2 aromatic carbocycles. The molecule has 28 heavy (non-hydrogen) atoms. The van der Waals surface area contributed by atoms with E-state index in [0.717, 1.165) is 31.8 Å². The van der Waals surface area contributed by atoms with Crippen molar-refractivity contribution in [1.82, 2.24) is 4.90 Å². The molecule has 1 aliphatic rings. The van der Waals surface area contributed by atoms with Gasteiger partial charge in [0.1, 0.15) is 0 Å². The Kier molecular flexibility index (Phi) is 6.36. The summed E-state index contributed by atoms with van der Waals surface area (Å²) in [4.78, 5) is 14.9. The van der Waals surface area contributed by atoms with Gasteiger partial charge in [0.15, 0.2) is 0 Å². The van der Waals surface area contributed by atoms with E-state index in [0.29, 0.717) is 16.9 Å². The molecule has 1 fully saturated rings. The second-order valence-electron chi connectivity index (χ2n) is 7.56. The van der Waals surface area contributed by atoms with Crippen LogP contribution >= 0.6 is 0 Å². The first-order chi connectivity index (χ1) is 13.3. The second-order valence-corrected chi connectivity index (χ2v) is 9.31. The van der Waals surface area contributed by atoms with Crippen LogP contribution in [0, 0.1) is 5.92 Å². The van der Waals surface area contributed by atoms with Gasteiger partial charge in [-0.1, -0.05) is 25.1 Å². The third-order valence-electron chi connectivity index (χ3n) is 4.92. The van der Waals surface area contributed by atoms with Crippen molar-refractivity contribution < 1.29 is 13.2 Å². The molecule has 0 radical (unpaired) electrons. The van der Waals surface area contributed by atoms with Crippen molar-refractivity contribution >= 4 is 27.3 Å². The SMILES string of the molecule is CC1CCN(Cc2ccc(NC(=O)c3cccc(NS(C)(=O)=O)c3)cc2)CC1. The highest BCUT2D eigenvalue weighted by molar-refractivity contribution is 7.92. The Morgan fingerprint density at radius 2 is 1.75 bits per heavy atom. The molecule has 1 amide bonds. The van der Waals surface area contributed by atoms with E-state index in [1.165, 1.54) is 24.5 Å². The van der Waals surface area contributed by atoms with Crippen molar-refractivity contribution in [2.75, 3.05) is 29.4 Å². The number of sulfonamides is 1. The maximum absolute atomic E-state index is 12.5. The largest absolute Gasteiger partial charge is 0.322 e. The lowest BCUT2D eigenvalue weighted by atomic mass is 9.99. The van der Waals surface area contributed by atoms with Crippen LogP contribution in [0.2, 0.25) is 0 Å². The predicted molar refractivity (Wildman–Crippen MR) is 113 cm³/mol. The van der Waals surface area contributed by atoms with Gasteiger partial charge in [-0.25, -0.2) is 8.42 Å². The van der Waals surface area contributed by atoms with E-state index in [9.17, 15) is 13.2 Å². The number of likely N-dealkylation sites (tertiary alicyclic amines) is 1. The van der Waals surface area contributed by atoms with Crippen molar-refractivity contribution in [3.8, 4) is 0 Å². The minimum absolute atomic E-state index is 0.282. The smallest absolute Gasteiger partial charge is 0.255 e. The second kappa shape index (κ2) is 8.75. The summed E-state index contributed by atoms with van der Waals surface area (Å²) >= 11 is 0. The Morgan fingerprint density at radius 3 is 2.39 bits per heavy atom. The minimum atomic E-state index is -3.38. The first kappa shape index (κ1) is 20.4. The Hall–Kier alpha value is -2.38. The lowest BCUT2D eigenvalue weighted by Crippen LogP contribution is -2.32. The molecule has 1 heterocycles. The van der Waals surface area contributed by atoms with Gasteiger partial charge < -0.3 is 5.32 Å². The summed E-state index contributed by atoms with van der Waals surface area (Å²) in [6.07, 6.45) is 3.58. The van der Waals surface area contributed by atoms with Gasteiger partial charge in [0.2, 0.25) is 10.0 Å². The summed E-state index contributed by atoms with van der Waals surface area (Å²) in [5, 5.41) is 2.86. The van der Waals surface area contributed by atoms with Crippen LogP contribution in [0.4, 0.5) is 11.4 Å². The van der Waals surface area contributed by atoms with Crippen molar-refractivity contribution in [1.29, 1.82) is 0 Å². The van der Waals surface area contributed by atoms with Crippen molar-refractivity contribution in [2.24, 2.45) is 5.92 Å². The van der Waals surface area contributed by atoms with E-state index in [1.54, 1.807) is 18.2 Å². The van der Waals surface area contributed by atoms with Crippen LogP contribution in [0.1, 0.15) is 35.7 Å². The highest BCUT2D eigenvalue weighted by Gasteiger charge is 2.15. The molecule has 6 nitrogen and oxygen atoms in total. The number of hydrogen-bond donors (Lipinski definition) is 2. The maximum Gasteiger partial charge on any atom is 0.255 e. The average molecular weight is 402 g/mol. The molecule has 0 bridgehead atoms. The number of piperidine rings is 1.